The standard InChI is InChI=1S/C24H9B5N2O/c25-18-17(19(26)21(28)22(29)20(18)27)14-8-7-11(10-30)16-13-5-3-4-12(23(13)32-24(14)16)15-6-1-2-9-31-15/h1-9H. The second-order valence-corrected chi connectivity index (χ2v) is 7.42. The molecule has 3 aromatic carbocycles. The van der Waals surface area contributed by atoms with Crippen molar-refractivity contribution in [3.05, 3.63) is 60.3 Å². The molecule has 3 nitrogen and oxygen atoms in total. The lowest BCUT2D eigenvalue weighted by Gasteiger charge is -2.21. The van der Waals surface area contributed by atoms with Gasteiger partial charge in [0.15, 0.2) is 0 Å². The van der Waals surface area contributed by atoms with Gasteiger partial charge in [-0.25, -0.2) is 0 Å². The Bertz CT molecular complexity index is 1560. The van der Waals surface area contributed by atoms with Gasteiger partial charge in [-0.1, -0.05) is 29.1 Å². The number of furan rings is 1. The Morgan fingerprint density at radius 2 is 1.44 bits per heavy atom. The zero-order chi connectivity index (χ0) is 22.6. The molecule has 5 aromatic rings. The SMILES string of the molecule is [B]c1c([B])c([B])c(-c2ccc(C#N)c3c2oc2c(-c4ccccn4)cccc23)c([B])c1[B]. The summed E-state index contributed by atoms with van der Waals surface area (Å²) >= 11 is 0. The van der Waals surface area contributed by atoms with Crippen LogP contribution in [0, 0.1) is 11.3 Å². The Hall–Kier alpha value is -3.58. The quantitative estimate of drug-likeness (QED) is 0.400. The number of nitriles is 1. The second kappa shape index (κ2) is 7.53. The van der Waals surface area contributed by atoms with Crippen molar-refractivity contribution in [3.63, 3.8) is 0 Å². The molecule has 8 heteroatoms. The van der Waals surface area contributed by atoms with Crippen molar-refractivity contribution in [2.75, 3.05) is 0 Å². The van der Waals surface area contributed by atoms with Crippen LogP contribution in [0.3, 0.4) is 0 Å². The number of benzene rings is 3. The summed E-state index contributed by atoms with van der Waals surface area (Å²) in [5.74, 6) is 0. The molecule has 0 fully saturated rings. The van der Waals surface area contributed by atoms with Crippen molar-refractivity contribution in [2.24, 2.45) is 0 Å². The van der Waals surface area contributed by atoms with Crippen LogP contribution < -0.4 is 27.3 Å². The van der Waals surface area contributed by atoms with Crippen LogP contribution in [-0.2, 0) is 0 Å². The zero-order valence-electron chi connectivity index (χ0n) is 16.9. The molecule has 0 bridgehead atoms. The Morgan fingerprint density at radius 1 is 0.719 bits per heavy atom. The largest absolute Gasteiger partial charge is 0.455 e. The van der Waals surface area contributed by atoms with Gasteiger partial charge in [-0.15, -0.1) is 16.4 Å². The fraction of sp³-hybridized carbons (Fsp3) is 0. The van der Waals surface area contributed by atoms with Crippen LogP contribution in [0.5, 0.6) is 0 Å². The fourth-order valence-corrected chi connectivity index (χ4v) is 4.06. The van der Waals surface area contributed by atoms with Gasteiger partial charge in [0.05, 0.1) is 17.3 Å². The van der Waals surface area contributed by atoms with E-state index >= 15 is 0 Å². The molecule has 0 saturated heterocycles. The van der Waals surface area contributed by atoms with Crippen molar-refractivity contribution >= 4 is 88.5 Å². The Kier molecular flexibility index (Phi) is 4.79. The number of hydrogen-bond donors (Lipinski definition) is 0. The molecule has 2 heterocycles. The molecule has 5 rings (SSSR count). The van der Waals surface area contributed by atoms with Gasteiger partial charge >= 0.3 is 0 Å². The summed E-state index contributed by atoms with van der Waals surface area (Å²) in [6.45, 7) is 0. The maximum atomic E-state index is 9.79. The van der Waals surface area contributed by atoms with E-state index in [1.165, 1.54) is 0 Å². The van der Waals surface area contributed by atoms with E-state index in [9.17, 15) is 5.26 Å². The first-order chi connectivity index (χ1) is 15.4. The molecule has 0 atom stereocenters. The third-order valence-electron chi connectivity index (χ3n) is 5.68. The molecule has 0 saturated carbocycles. The van der Waals surface area contributed by atoms with E-state index < -0.39 is 0 Å². The summed E-state index contributed by atoms with van der Waals surface area (Å²) < 4.78 is 6.37. The van der Waals surface area contributed by atoms with Gasteiger partial charge in [-0.2, -0.15) is 5.26 Å². The Balaban J connectivity index is 1.94. The molecule has 0 amide bonds. The fourth-order valence-electron chi connectivity index (χ4n) is 4.06. The van der Waals surface area contributed by atoms with Crippen LogP contribution in [-0.4, -0.2) is 44.2 Å². The van der Waals surface area contributed by atoms with Crippen molar-refractivity contribution in [2.45, 2.75) is 0 Å². The second-order valence-electron chi connectivity index (χ2n) is 7.42. The predicted molar refractivity (Wildman–Crippen MR) is 134 cm³/mol. The average Bonchev–Trinajstić information content (AvgIpc) is 3.22. The van der Waals surface area contributed by atoms with Crippen LogP contribution in [0.25, 0.3) is 44.3 Å². The van der Waals surface area contributed by atoms with Crippen molar-refractivity contribution in [3.8, 4) is 28.5 Å². The molecular formula is C24H9B5N2O. The van der Waals surface area contributed by atoms with E-state index in [2.05, 4.69) is 11.1 Å². The summed E-state index contributed by atoms with van der Waals surface area (Å²) in [4.78, 5) is 4.44. The minimum atomic E-state index is 0.135. The van der Waals surface area contributed by atoms with E-state index in [0.29, 0.717) is 33.2 Å². The molecular weight excluding hydrogens is 386 g/mol. The number of hydrogen-bond acceptors (Lipinski definition) is 3. The molecule has 32 heavy (non-hydrogen) atoms. The third kappa shape index (κ3) is 2.85. The maximum Gasteiger partial charge on any atom is 0.144 e. The van der Waals surface area contributed by atoms with E-state index in [4.69, 9.17) is 43.6 Å². The van der Waals surface area contributed by atoms with E-state index in [-0.39, 0.29) is 27.3 Å². The lowest BCUT2D eigenvalue weighted by Crippen LogP contribution is -2.55. The number of fused-ring (bicyclic) bond motifs is 3. The lowest BCUT2D eigenvalue weighted by molar-refractivity contribution is 0.671. The topological polar surface area (TPSA) is 49.8 Å². The minimum absolute atomic E-state index is 0.135. The zero-order valence-corrected chi connectivity index (χ0v) is 16.9. The van der Waals surface area contributed by atoms with Crippen LogP contribution in [0.15, 0.2) is 59.1 Å². The summed E-state index contributed by atoms with van der Waals surface area (Å²) in [6.07, 6.45) is 1.71. The summed E-state index contributed by atoms with van der Waals surface area (Å²) in [5.41, 5.74) is 4.86. The van der Waals surface area contributed by atoms with Gasteiger partial charge < -0.3 is 4.42 Å². The number of nitrogens with zero attached hydrogens (tertiary/aromatic N) is 2. The highest BCUT2D eigenvalue weighted by Crippen LogP contribution is 2.40. The molecule has 0 spiro atoms. The number of rotatable bonds is 2. The Morgan fingerprint density at radius 3 is 2.09 bits per heavy atom. The van der Waals surface area contributed by atoms with Crippen molar-refractivity contribution < 1.29 is 4.42 Å². The molecule has 10 radical (unpaired) electrons. The van der Waals surface area contributed by atoms with Gasteiger partial charge in [-0.05, 0) is 35.9 Å². The normalized spacial score (nSPS) is 11.1. The highest BCUT2D eigenvalue weighted by atomic mass is 16.3. The molecule has 2 aromatic heterocycles. The Labute approximate surface area is 191 Å². The first-order valence-electron chi connectivity index (χ1n) is 9.75. The lowest BCUT2D eigenvalue weighted by atomic mass is 9.59. The molecule has 0 aliphatic rings. The summed E-state index contributed by atoms with van der Waals surface area (Å²) in [7, 11) is 30.7. The summed E-state index contributed by atoms with van der Waals surface area (Å²) in [6, 6.07) is 17.0. The molecule has 0 aliphatic heterocycles. The minimum Gasteiger partial charge on any atom is -0.455 e. The molecule has 0 unspecified atom stereocenters. The molecule has 136 valence electrons. The van der Waals surface area contributed by atoms with E-state index in [1.54, 1.807) is 18.3 Å². The smallest absolute Gasteiger partial charge is 0.144 e. The van der Waals surface area contributed by atoms with Gasteiger partial charge in [0, 0.05) is 28.1 Å². The first-order valence-corrected chi connectivity index (χ1v) is 9.75. The maximum absolute atomic E-state index is 9.79. The number of para-hydroxylation sites is 1. The van der Waals surface area contributed by atoms with Crippen molar-refractivity contribution in [1.29, 1.82) is 5.26 Å². The average molecular weight is 395 g/mol. The van der Waals surface area contributed by atoms with E-state index in [1.807, 2.05) is 36.4 Å². The van der Waals surface area contributed by atoms with Gasteiger partial charge in [0.25, 0.3) is 0 Å². The third-order valence-corrected chi connectivity index (χ3v) is 5.68. The molecule has 0 N–H and O–H groups in total. The number of aromatic nitrogens is 1. The van der Waals surface area contributed by atoms with Crippen LogP contribution in [0.1, 0.15) is 5.56 Å². The van der Waals surface area contributed by atoms with Crippen molar-refractivity contribution in [1.82, 2.24) is 4.98 Å². The van der Waals surface area contributed by atoms with Crippen LogP contribution in [0.2, 0.25) is 0 Å². The van der Waals surface area contributed by atoms with Gasteiger partial charge in [0.1, 0.15) is 50.4 Å². The highest BCUT2D eigenvalue weighted by molar-refractivity contribution is 6.68. The number of pyridine rings is 1. The van der Waals surface area contributed by atoms with Crippen LogP contribution in [0.4, 0.5) is 0 Å². The predicted octanol–water partition coefficient (Wildman–Crippen LogP) is 0.156. The monoisotopic (exact) mass is 396 g/mol. The van der Waals surface area contributed by atoms with Crippen LogP contribution >= 0.6 is 0 Å². The molecule has 0 aliphatic carbocycles. The summed E-state index contributed by atoms with van der Waals surface area (Å²) in [5, 5.41) is 11.2. The van der Waals surface area contributed by atoms with Gasteiger partial charge in [-0.3, -0.25) is 4.98 Å². The van der Waals surface area contributed by atoms with E-state index in [0.717, 1.165) is 16.6 Å². The van der Waals surface area contributed by atoms with Gasteiger partial charge in [0.2, 0.25) is 0 Å². The first kappa shape index (κ1) is 20.3. The highest BCUT2D eigenvalue weighted by Gasteiger charge is 2.21.